The maximum atomic E-state index is 12.3. The van der Waals surface area contributed by atoms with E-state index in [9.17, 15) is 14.9 Å². The molecule has 0 aliphatic rings. The van der Waals surface area contributed by atoms with Crippen molar-refractivity contribution >= 4 is 57.2 Å². The fourth-order valence-electron chi connectivity index (χ4n) is 2.96. The predicted molar refractivity (Wildman–Crippen MR) is 134 cm³/mol. The van der Waals surface area contributed by atoms with E-state index in [0.29, 0.717) is 11.1 Å². The van der Waals surface area contributed by atoms with Crippen molar-refractivity contribution in [3.63, 3.8) is 0 Å². The summed E-state index contributed by atoms with van der Waals surface area (Å²) in [5.41, 5.74) is 5.50. The van der Waals surface area contributed by atoms with Crippen molar-refractivity contribution in [3.05, 3.63) is 106 Å². The summed E-state index contributed by atoms with van der Waals surface area (Å²) >= 11 is 3.34. The highest BCUT2D eigenvalue weighted by atomic mass is 32.2. The van der Waals surface area contributed by atoms with Crippen LogP contribution in [0.1, 0.15) is 21.5 Å². The van der Waals surface area contributed by atoms with Crippen LogP contribution in [0, 0.1) is 10.1 Å². The average molecular weight is 475 g/mol. The van der Waals surface area contributed by atoms with Crippen molar-refractivity contribution in [2.45, 2.75) is 10.1 Å². The van der Waals surface area contributed by atoms with Crippen LogP contribution in [0.25, 0.3) is 16.3 Å². The lowest BCUT2D eigenvalue weighted by Gasteiger charge is -2.02. The Balaban J connectivity index is 1.28. The smallest absolute Gasteiger partial charge is 0.267 e. The fraction of sp³-hybridized carbons (Fsp3) is 0.0417. The Kier molecular flexibility index (Phi) is 7.23. The molecule has 0 aliphatic carbocycles. The van der Waals surface area contributed by atoms with E-state index in [0.717, 1.165) is 21.2 Å². The number of carbonyl (C=O) groups is 1. The van der Waals surface area contributed by atoms with Gasteiger partial charge in [0, 0.05) is 23.6 Å². The van der Waals surface area contributed by atoms with Gasteiger partial charge in [0.15, 0.2) is 4.34 Å². The van der Waals surface area contributed by atoms with E-state index in [1.807, 2.05) is 30.3 Å². The van der Waals surface area contributed by atoms with Gasteiger partial charge in [0.05, 0.1) is 20.7 Å². The Bertz CT molecular complexity index is 1310. The Morgan fingerprint density at radius 1 is 1.09 bits per heavy atom. The maximum absolute atomic E-state index is 12.3. The molecule has 0 aliphatic heterocycles. The van der Waals surface area contributed by atoms with Crippen molar-refractivity contribution < 1.29 is 9.72 Å². The molecule has 0 atom stereocenters. The van der Waals surface area contributed by atoms with Crippen LogP contribution < -0.4 is 5.43 Å². The monoisotopic (exact) mass is 474 g/mol. The number of para-hydroxylation sites is 2. The first kappa shape index (κ1) is 22.4. The third-order valence-electron chi connectivity index (χ3n) is 4.59. The first-order valence-corrected chi connectivity index (χ1v) is 11.7. The number of allylic oxidation sites excluding steroid dienone is 1. The number of rotatable bonds is 8. The number of thiazole rings is 1. The predicted octanol–water partition coefficient (Wildman–Crippen LogP) is 5.93. The Morgan fingerprint density at radius 3 is 2.64 bits per heavy atom. The van der Waals surface area contributed by atoms with E-state index >= 15 is 0 Å². The minimum Gasteiger partial charge on any atom is -0.267 e. The highest BCUT2D eigenvalue weighted by molar-refractivity contribution is 8.00. The molecule has 0 saturated heterocycles. The first-order chi connectivity index (χ1) is 16.1. The lowest BCUT2D eigenvalue weighted by Crippen LogP contribution is -2.17. The molecule has 33 heavy (non-hydrogen) atoms. The van der Waals surface area contributed by atoms with Crippen LogP contribution in [0.3, 0.4) is 0 Å². The third kappa shape index (κ3) is 5.91. The zero-order valence-electron chi connectivity index (χ0n) is 17.3. The molecule has 7 nitrogen and oxygen atoms in total. The number of nitro benzene ring substituents is 1. The number of nitrogens with zero attached hydrogens (tertiary/aromatic N) is 3. The van der Waals surface area contributed by atoms with Crippen LogP contribution in [-0.4, -0.2) is 22.0 Å². The van der Waals surface area contributed by atoms with Crippen molar-refractivity contribution in [1.82, 2.24) is 10.4 Å². The van der Waals surface area contributed by atoms with Gasteiger partial charge in [0.1, 0.15) is 0 Å². The lowest BCUT2D eigenvalue weighted by atomic mass is 10.1. The third-order valence-corrected chi connectivity index (χ3v) is 6.84. The minimum absolute atomic E-state index is 0.00701. The summed E-state index contributed by atoms with van der Waals surface area (Å²) in [5, 5.41) is 14.9. The number of fused-ring (bicyclic) bond motifs is 1. The van der Waals surface area contributed by atoms with Gasteiger partial charge in [-0.3, -0.25) is 14.9 Å². The number of hydrazone groups is 1. The Labute approximate surface area is 198 Å². The molecule has 0 unspecified atom stereocenters. The summed E-state index contributed by atoms with van der Waals surface area (Å²) in [6.07, 6.45) is 4.47. The van der Waals surface area contributed by atoms with Gasteiger partial charge in [0.25, 0.3) is 11.6 Å². The van der Waals surface area contributed by atoms with Crippen molar-refractivity contribution in [2.24, 2.45) is 5.10 Å². The molecule has 9 heteroatoms. The van der Waals surface area contributed by atoms with Crippen molar-refractivity contribution in [3.8, 4) is 0 Å². The molecule has 0 saturated carbocycles. The van der Waals surface area contributed by atoms with Crippen LogP contribution >= 0.6 is 23.1 Å². The van der Waals surface area contributed by atoms with Gasteiger partial charge in [-0.2, -0.15) is 5.10 Å². The zero-order valence-corrected chi connectivity index (χ0v) is 18.9. The highest BCUT2D eigenvalue weighted by Gasteiger charge is 2.09. The van der Waals surface area contributed by atoms with Crippen molar-refractivity contribution in [2.75, 3.05) is 0 Å². The van der Waals surface area contributed by atoms with E-state index in [-0.39, 0.29) is 11.6 Å². The summed E-state index contributed by atoms with van der Waals surface area (Å²) in [6.45, 7) is 0. The van der Waals surface area contributed by atoms with Crippen LogP contribution in [-0.2, 0) is 5.75 Å². The van der Waals surface area contributed by atoms with Crippen LogP contribution in [0.4, 0.5) is 5.69 Å². The molecule has 1 heterocycles. The van der Waals surface area contributed by atoms with Gasteiger partial charge >= 0.3 is 0 Å². The number of thioether (sulfide) groups is 1. The molecule has 4 rings (SSSR count). The second kappa shape index (κ2) is 10.7. The van der Waals surface area contributed by atoms with Gasteiger partial charge in [-0.1, -0.05) is 48.2 Å². The summed E-state index contributed by atoms with van der Waals surface area (Å²) in [7, 11) is 0. The number of hydrogen-bond acceptors (Lipinski definition) is 7. The molecule has 0 fully saturated rings. The molecule has 0 radical (unpaired) electrons. The SMILES string of the molecule is O=C(NN=CC=Cc1ccccc1[N+](=O)[O-])c1ccc(CSc2nc3ccccc3s2)cc1. The highest BCUT2D eigenvalue weighted by Crippen LogP contribution is 2.31. The molecule has 4 aromatic rings. The van der Waals surface area contributed by atoms with E-state index < -0.39 is 4.92 Å². The normalized spacial score (nSPS) is 11.4. The zero-order chi connectivity index (χ0) is 23.0. The molecule has 3 aromatic carbocycles. The average Bonchev–Trinajstić information content (AvgIpc) is 3.26. The summed E-state index contributed by atoms with van der Waals surface area (Å²) in [5.74, 6) is 0.423. The molecule has 164 valence electrons. The molecule has 1 aromatic heterocycles. The van der Waals surface area contributed by atoms with E-state index in [1.54, 1.807) is 59.5 Å². The number of benzene rings is 3. The second-order valence-corrected chi connectivity index (χ2v) is 9.08. The fourth-order valence-corrected chi connectivity index (χ4v) is 4.98. The van der Waals surface area contributed by atoms with Gasteiger partial charge < -0.3 is 0 Å². The standard InChI is InChI=1S/C24H18N4O3S2/c29-23(27-25-15-5-7-18-6-1-3-9-21(18)28(30)31)19-13-11-17(12-14-19)16-32-24-26-20-8-2-4-10-22(20)33-24/h1-15H,16H2,(H,27,29). The van der Waals surface area contributed by atoms with Crippen LogP contribution in [0.2, 0.25) is 0 Å². The van der Waals surface area contributed by atoms with E-state index in [2.05, 4.69) is 21.6 Å². The largest absolute Gasteiger partial charge is 0.276 e. The van der Waals surface area contributed by atoms with Gasteiger partial charge in [-0.15, -0.1) is 11.3 Å². The van der Waals surface area contributed by atoms with E-state index in [1.165, 1.54) is 23.1 Å². The molecule has 1 N–H and O–H groups in total. The maximum Gasteiger partial charge on any atom is 0.276 e. The minimum atomic E-state index is -0.445. The first-order valence-electron chi connectivity index (χ1n) is 9.91. The van der Waals surface area contributed by atoms with Gasteiger partial charge in [-0.05, 0) is 48.0 Å². The van der Waals surface area contributed by atoms with E-state index in [4.69, 9.17) is 0 Å². The summed E-state index contributed by atoms with van der Waals surface area (Å²) in [4.78, 5) is 27.4. The number of hydrogen-bond donors (Lipinski definition) is 1. The second-order valence-electron chi connectivity index (χ2n) is 6.83. The van der Waals surface area contributed by atoms with Crippen LogP contribution in [0.5, 0.6) is 0 Å². The van der Waals surface area contributed by atoms with Gasteiger partial charge in [0.2, 0.25) is 0 Å². The molecular weight excluding hydrogens is 456 g/mol. The topological polar surface area (TPSA) is 97.5 Å². The number of aromatic nitrogens is 1. The lowest BCUT2D eigenvalue weighted by molar-refractivity contribution is -0.385. The summed E-state index contributed by atoms with van der Waals surface area (Å²) in [6, 6.07) is 21.8. The molecule has 0 bridgehead atoms. The number of amides is 1. The summed E-state index contributed by atoms with van der Waals surface area (Å²) < 4.78 is 2.19. The van der Waals surface area contributed by atoms with Crippen molar-refractivity contribution in [1.29, 1.82) is 0 Å². The number of carbonyl (C=O) groups excluding carboxylic acids is 1. The van der Waals surface area contributed by atoms with Gasteiger partial charge in [-0.25, -0.2) is 10.4 Å². The molecule has 0 spiro atoms. The Morgan fingerprint density at radius 2 is 1.85 bits per heavy atom. The quantitative estimate of drug-likeness (QED) is 0.148. The van der Waals surface area contributed by atoms with Crippen LogP contribution in [0.15, 0.2) is 88.3 Å². The number of nitro groups is 1. The number of nitrogens with one attached hydrogen (secondary N) is 1. The molecule has 1 amide bonds. The molecular formula is C24H18N4O3S2. The Hall–Kier alpha value is -3.82.